The summed E-state index contributed by atoms with van der Waals surface area (Å²) in [5.74, 6) is -3.27. The van der Waals surface area contributed by atoms with Gasteiger partial charge in [0.25, 0.3) is 5.91 Å². The maximum absolute atomic E-state index is 14.6. The van der Waals surface area contributed by atoms with E-state index in [-0.39, 0.29) is 36.2 Å². The summed E-state index contributed by atoms with van der Waals surface area (Å²) in [7, 11) is 0. The predicted molar refractivity (Wildman–Crippen MR) is 119 cm³/mol. The molecule has 0 spiro atoms. The fraction of sp³-hybridized carbons (Fsp3) is 0.435. The average Bonchev–Trinajstić information content (AvgIpc) is 3.23. The zero-order chi connectivity index (χ0) is 22.2. The van der Waals surface area contributed by atoms with Gasteiger partial charge < -0.3 is 15.3 Å². The van der Waals surface area contributed by atoms with Crippen LogP contribution < -0.4 is 5.32 Å². The number of halogens is 4. The Bertz CT molecular complexity index is 989. The van der Waals surface area contributed by atoms with Gasteiger partial charge in [0.15, 0.2) is 11.6 Å². The van der Waals surface area contributed by atoms with Gasteiger partial charge in [-0.05, 0) is 65.3 Å². The number of benzene rings is 2. The monoisotopic (exact) mass is 544 g/mol. The van der Waals surface area contributed by atoms with Crippen molar-refractivity contribution in [2.24, 2.45) is 0 Å². The minimum atomic E-state index is -1.15. The Morgan fingerprint density at radius 1 is 1.13 bits per heavy atom. The number of carbonyl (C=O) groups excluding carboxylic acids is 1. The van der Waals surface area contributed by atoms with Crippen LogP contribution in [0.25, 0.3) is 0 Å². The first-order valence-electron chi connectivity index (χ1n) is 10.4. The van der Waals surface area contributed by atoms with Crippen LogP contribution in [-0.2, 0) is 6.42 Å². The van der Waals surface area contributed by atoms with Crippen LogP contribution in [0, 0.1) is 21.0 Å². The van der Waals surface area contributed by atoms with Crippen LogP contribution in [0.1, 0.15) is 47.2 Å². The summed E-state index contributed by atoms with van der Waals surface area (Å²) in [5, 5.41) is 14.0. The third-order valence-corrected chi connectivity index (χ3v) is 6.81. The van der Waals surface area contributed by atoms with Gasteiger partial charge in [0.2, 0.25) is 0 Å². The number of aliphatic hydroxyl groups is 1. The molecule has 0 bridgehead atoms. The molecule has 0 aromatic heterocycles. The van der Waals surface area contributed by atoms with Gasteiger partial charge in [0, 0.05) is 33.7 Å². The topological polar surface area (TPSA) is 52.6 Å². The van der Waals surface area contributed by atoms with Gasteiger partial charge in [-0.2, -0.15) is 0 Å². The quantitative estimate of drug-likeness (QED) is 0.541. The van der Waals surface area contributed by atoms with Crippen LogP contribution in [0.2, 0.25) is 0 Å². The van der Waals surface area contributed by atoms with Crippen LogP contribution >= 0.6 is 22.6 Å². The van der Waals surface area contributed by atoms with Gasteiger partial charge in [-0.25, -0.2) is 13.2 Å². The fourth-order valence-corrected chi connectivity index (χ4v) is 4.83. The van der Waals surface area contributed by atoms with Crippen molar-refractivity contribution in [3.05, 3.63) is 68.0 Å². The fourth-order valence-electron chi connectivity index (χ4n) is 4.38. The van der Waals surface area contributed by atoms with Gasteiger partial charge in [-0.1, -0.05) is 18.9 Å². The largest absolute Gasteiger partial charge is 0.385 e. The van der Waals surface area contributed by atoms with Gasteiger partial charge in [-0.3, -0.25) is 4.79 Å². The van der Waals surface area contributed by atoms with Crippen LogP contribution in [-0.4, -0.2) is 47.2 Å². The summed E-state index contributed by atoms with van der Waals surface area (Å²) in [6.07, 6.45) is 4.30. The molecule has 1 amide bonds. The number of likely N-dealkylation sites (tertiary alicyclic amines) is 1. The van der Waals surface area contributed by atoms with Crippen LogP contribution in [0.15, 0.2) is 30.3 Å². The van der Waals surface area contributed by atoms with E-state index in [0.717, 1.165) is 18.9 Å². The molecule has 4 nitrogen and oxygen atoms in total. The van der Waals surface area contributed by atoms with Crippen LogP contribution in [0.4, 0.5) is 13.2 Å². The third-order valence-electron chi connectivity index (χ3n) is 6.14. The van der Waals surface area contributed by atoms with Crippen molar-refractivity contribution in [2.75, 3.05) is 19.6 Å². The molecule has 0 radical (unpaired) electrons. The lowest BCUT2D eigenvalue weighted by molar-refractivity contribution is -0.0797. The molecule has 1 aliphatic carbocycles. The van der Waals surface area contributed by atoms with E-state index in [1.165, 1.54) is 35.9 Å². The lowest BCUT2D eigenvalue weighted by atomic mass is 9.91. The second-order valence-corrected chi connectivity index (χ2v) is 9.79. The van der Waals surface area contributed by atoms with Crippen molar-refractivity contribution in [1.82, 2.24) is 10.2 Å². The molecule has 4 rings (SSSR count). The predicted octanol–water partition coefficient (Wildman–Crippen LogP) is 4.02. The van der Waals surface area contributed by atoms with Crippen molar-refractivity contribution < 1.29 is 23.1 Å². The Hall–Kier alpha value is -1.65. The number of nitrogens with one attached hydrogen (secondary N) is 1. The molecule has 31 heavy (non-hydrogen) atoms. The molecule has 8 heteroatoms. The van der Waals surface area contributed by atoms with Gasteiger partial charge >= 0.3 is 0 Å². The molecule has 1 saturated carbocycles. The smallest absolute Gasteiger partial charge is 0.254 e. The third kappa shape index (κ3) is 4.90. The molecule has 1 aliphatic heterocycles. The van der Waals surface area contributed by atoms with Gasteiger partial charge in [0.1, 0.15) is 11.4 Å². The van der Waals surface area contributed by atoms with E-state index in [9.17, 15) is 23.1 Å². The zero-order valence-electron chi connectivity index (χ0n) is 16.9. The first kappa shape index (κ1) is 22.5. The molecule has 2 fully saturated rings. The van der Waals surface area contributed by atoms with E-state index in [2.05, 4.69) is 5.32 Å². The summed E-state index contributed by atoms with van der Waals surface area (Å²) >= 11 is 1.96. The van der Waals surface area contributed by atoms with Crippen molar-refractivity contribution in [3.63, 3.8) is 0 Å². The highest BCUT2D eigenvalue weighted by molar-refractivity contribution is 14.1. The number of nitrogens with zero attached hydrogens (tertiary/aromatic N) is 1. The summed E-state index contributed by atoms with van der Waals surface area (Å²) < 4.78 is 43.5. The van der Waals surface area contributed by atoms with Gasteiger partial charge in [0.05, 0.1) is 13.1 Å². The van der Waals surface area contributed by atoms with Crippen molar-refractivity contribution in [3.8, 4) is 0 Å². The number of carbonyl (C=O) groups is 1. The summed E-state index contributed by atoms with van der Waals surface area (Å²) in [6.45, 7) is 0.615. The molecular weight excluding hydrogens is 520 g/mol. The first-order valence-corrected chi connectivity index (χ1v) is 11.5. The Labute approximate surface area is 193 Å². The van der Waals surface area contributed by atoms with E-state index in [1.54, 1.807) is 6.07 Å². The summed E-state index contributed by atoms with van der Waals surface area (Å²) in [5.41, 5.74) is -1.04. The molecule has 0 unspecified atom stereocenters. The Morgan fingerprint density at radius 3 is 2.52 bits per heavy atom. The zero-order valence-corrected chi connectivity index (χ0v) is 19.1. The molecule has 0 atom stereocenters. The maximum atomic E-state index is 14.6. The Balaban J connectivity index is 1.49. The Kier molecular flexibility index (Phi) is 6.60. The molecular formula is C23H24F3IN2O2. The number of hydrogen-bond donors (Lipinski definition) is 2. The highest BCUT2D eigenvalue weighted by Gasteiger charge is 2.44. The summed E-state index contributed by atoms with van der Waals surface area (Å²) in [6, 6.07) is 7.02. The van der Waals surface area contributed by atoms with Crippen molar-refractivity contribution in [1.29, 1.82) is 0 Å². The molecule has 166 valence electrons. The molecule has 2 aliphatic rings. The number of hydrogen-bond acceptors (Lipinski definition) is 3. The minimum absolute atomic E-state index is 0.0114. The van der Waals surface area contributed by atoms with Crippen LogP contribution in [0.5, 0.6) is 0 Å². The van der Waals surface area contributed by atoms with E-state index in [1.807, 2.05) is 22.6 Å². The molecule has 2 N–H and O–H groups in total. The molecule has 1 saturated heterocycles. The second-order valence-electron chi connectivity index (χ2n) is 8.55. The second kappa shape index (κ2) is 9.07. The highest BCUT2D eigenvalue weighted by Crippen LogP contribution is 2.28. The first-order chi connectivity index (χ1) is 14.8. The van der Waals surface area contributed by atoms with E-state index < -0.39 is 29.0 Å². The maximum Gasteiger partial charge on any atom is 0.254 e. The summed E-state index contributed by atoms with van der Waals surface area (Å²) in [4.78, 5) is 14.4. The normalized spacial score (nSPS) is 18.3. The number of β-amino-alcohol motifs (C(OH)–C–C–N with tert-alkyl or cyclic N) is 1. The molecule has 1 heterocycles. The lowest BCUT2D eigenvalue weighted by Crippen LogP contribution is -2.67. The van der Waals surface area contributed by atoms with E-state index in [0.29, 0.717) is 16.2 Å². The minimum Gasteiger partial charge on any atom is -0.385 e. The average molecular weight is 544 g/mol. The lowest BCUT2D eigenvalue weighted by Gasteiger charge is -2.47. The highest BCUT2D eigenvalue weighted by atomic mass is 127. The standard InChI is InChI=1S/C23H24F3IN2O2/c24-19-8-7-17(18(21(19)26)9-14-5-6-15(27)10-20(14)25)22(30)29-12-23(31,13-29)11-28-16-3-1-2-4-16/h5-8,10,16,28,31H,1-4,9,11-13H2. The van der Waals surface area contributed by atoms with E-state index in [4.69, 9.17) is 0 Å². The van der Waals surface area contributed by atoms with Crippen molar-refractivity contribution >= 4 is 28.5 Å². The van der Waals surface area contributed by atoms with E-state index >= 15 is 0 Å². The van der Waals surface area contributed by atoms with Crippen LogP contribution in [0.3, 0.4) is 0 Å². The van der Waals surface area contributed by atoms with Crippen molar-refractivity contribution in [2.45, 2.75) is 43.7 Å². The number of rotatable bonds is 6. The Morgan fingerprint density at radius 2 is 1.84 bits per heavy atom. The molecule has 2 aromatic rings. The molecule has 2 aromatic carbocycles. The van der Waals surface area contributed by atoms with Gasteiger partial charge in [-0.15, -0.1) is 0 Å². The SMILES string of the molecule is O=C(c1ccc(F)c(F)c1Cc1ccc(I)cc1F)N1CC(O)(CNC2CCCC2)C1. The number of amides is 1.